The highest BCUT2D eigenvalue weighted by Gasteiger charge is 2.37. The Balaban J connectivity index is 0.880. The number of anilines is 1. The topological polar surface area (TPSA) is 225 Å². The predicted molar refractivity (Wildman–Crippen MR) is 315 cm³/mol. The van der Waals surface area contributed by atoms with Crippen molar-refractivity contribution in [1.29, 1.82) is 0 Å². The number of aromatic amines is 1. The van der Waals surface area contributed by atoms with Crippen LogP contribution in [-0.4, -0.2) is 138 Å². The number of fused-ring (bicyclic) bond motifs is 4. The van der Waals surface area contributed by atoms with Crippen molar-refractivity contribution < 1.29 is 43.1 Å². The number of carbonyl (C=O) groups excluding carboxylic acids is 8. The number of imide groups is 1. The molecule has 4 heterocycles. The second-order valence-electron chi connectivity index (χ2n) is 22.8. The number of amides is 6. The van der Waals surface area contributed by atoms with E-state index >= 15 is 0 Å². The maximum Gasteiger partial charge on any atom is 0.415 e. The molecular formula is C63H77ClN8O9. The molecule has 5 N–H and O–H groups in total. The minimum Gasteiger partial charge on any atom is -0.409 e. The number of hydrogen-bond donors (Lipinski definition) is 4. The Morgan fingerprint density at radius 1 is 0.790 bits per heavy atom. The van der Waals surface area contributed by atoms with Gasteiger partial charge in [0.2, 0.25) is 11.8 Å². The third-order valence-corrected chi connectivity index (χ3v) is 16.3. The second kappa shape index (κ2) is 27.5. The predicted octanol–water partition coefficient (Wildman–Crippen LogP) is 8.49. The molecule has 4 atom stereocenters. The Morgan fingerprint density at radius 2 is 1.49 bits per heavy atom. The van der Waals surface area contributed by atoms with Crippen molar-refractivity contribution in [3.63, 3.8) is 0 Å². The Morgan fingerprint density at radius 3 is 2.17 bits per heavy atom. The summed E-state index contributed by atoms with van der Waals surface area (Å²) in [7, 11) is 2.02. The van der Waals surface area contributed by atoms with Crippen LogP contribution in [0, 0.1) is 17.8 Å². The summed E-state index contributed by atoms with van der Waals surface area (Å²) >= 11 is 6.59. The first-order valence-electron chi connectivity index (χ1n) is 28.6. The molecule has 0 aliphatic carbocycles. The molecule has 17 nitrogen and oxygen atoms in total. The van der Waals surface area contributed by atoms with Gasteiger partial charge in [-0.25, -0.2) is 4.79 Å². The van der Waals surface area contributed by atoms with E-state index in [0.717, 1.165) is 50.8 Å². The van der Waals surface area contributed by atoms with E-state index in [1.165, 1.54) is 12.2 Å². The zero-order valence-corrected chi connectivity index (χ0v) is 48.0. The van der Waals surface area contributed by atoms with Crippen LogP contribution in [0.1, 0.15) is 123 Å². The zero-order chi connectivity index (χ0) is 57.9. The standard InChI is InChI=1S/C63H77ClN8O9/c1-39(2)31-44(20-22-49(40(3)4)67-57(75)14-10-26-71-58(76)23-24-59(71)77)61(78)68-51(13-8-9-25-65)55(74)33-41-15-18-43(19-16-41)54(73)34-42-17-21-50-45(32-42)35-52(66-50)62(79)72-38-46(37-64)60-48-12-7-6-11-47(48)56(36-53(60)72)81-63(80)70-29-27-69(5)28-30-70/h6-7,11-12,15-19,21,23-24,32,35-36,39-40,44,46,49,51,66H,8-10,13-14,20,22,25-31,33-34,37-38,65H2,1-5H3,(H,67,75)(H,68,78)/t44-,46+,49?,51-/m0/s1. The third kappa shape index (κ3) is 15.0. The van der Waals surface area contributed by atoms with Crippen LogP contribution in [0.5, 0.6) is 5.75 Å². The molecular weight excluding hydrogens is 1050 g/mol. The average Bonchev–Trinajstić information content (AvgIpc) is 4.38. The molecule has 8 rings (SSSR count). The van der Waals surface area contributed by atoms with Gasteiger partial charge in [0.1, 0.15) is 11.4 Å². The molecule has 1 saturated heterocycles. The van der Waals surface area contributed by atoms with Crippen LogP contribution in [-0.2, 0) is 36.8 Å². The number of hydrogen-bond acceptors (Lipinski definition) is 11. The van der Waals surface area contributed by atoms with Gasteiger partial charge in [0, 0.05) is 122 Å². The van der Waals surface area contributed by atoms with Crippen LogP contribution in [0.2, 0.25) is 0 Å². The molecule has 3 aliphatic rings. The molecule has 0 radical (unpaired) electrons. The van der Waals surface area contributed by atoms with E-state index < -0.39 is 18.1 Å². The fourth-order valence-corrected chi connectivity index (χ4v) is 11.5. The van der Waals surface area contributed by atoms with Gasteiger partial charge >= 0.3 is 6.09 Å². The molecule has 430 valence electrons. The molecule has 6 amide bonds. The fourth-order valence-electron chi connectivity index (χ4n) is 11.2. The number of ether oxygens (including phenoxy) is 1. The lowest BCUT2D eigenvalue weighted by atomic mass is 9.87. The number of likely N-dealkylation sites (N-methyl/N-ethyl adjacent to an activating group) is 1. The lowest BCUT2D eigenvalue weighted by Gasteiger charge is -2.31. The van der Waals surface area contributed by atoms with E-state index in [4.69, 9.17) is 22.1 Å². The van der Waals surface area contributed by atoms with Gasteiger partial charge in [-0.05, 0) is 111 Å². The van der Waals surface area contributed by atoms with Gasteiger partial charge in [-0.2, -0.15) is 0 Å². The minimum atomic E-state index is -0.741. The second-order valence-corrected chi connectivity index (χ2v) is 23.1. The Labute approximate surface area is 479 Å². The number of alkyl halides is 1. The van der Waals surface area contributed by atoms with Crippen molar-refractivity contribution in [3.8, 4) is 5.75 Å². The number of nitrogens with one attached hydrogen (secondary N) is 3. The van der Waals surface area contributed by atoms with Crippen LogP contribution in [0.15, 0.2) is 91.0 Å². The number of benzene rings is 4. The van der Waals surface area contributed by atoms with Crippen molar-refractivity contribution in [3.05, 3.63) is 119 Å². The molecule has 4 aromatic carbocycles. The normalized spacial score (nSPS) is 16.6. The SMILES string of the molecule is CC(C)C[C@H](CCC(NC(=O)CCCN1C(=O)C=CC1=O)C(C)C)C(=O)N[C@@H](CCCCN)C(=O)Cc1ccc(C(=O)Cc2ccc3[nH]c(C(=O)N4C[C@@H](CCl)c5c4cc(OC(=O)N4CCN(C)CC4)c4ccccc54)cc3c2)cc1. The summed E-state index contributed by atoms with van der Waals surface area (Å²) < 4.78 is 6.08. The monoisotopic (exact) mass is 1120 g/mol. The molecule has 1 unspecified atom stereocenters. The lowest BCUT2D eigenvalue weighted by molar-refractivity contribution is -0.137. The molecule has 81 heavy (non-hydrogen) atoms. The number of carbonyl (C=O) groups is 8. The highest BCUT2D eigenvalue weighted by atomic mass is 35.5. The first-order chi connectivity index (χ1) is 38.9. The summed E-state index contributed by atoms with van der Waals surface area (Å²) in [5.41, 5.74) is 10.4. The first kappa shape index (κ1) is 59.9. The number of unbranched alkanes of at least 4 members (excludes halogenated alkanes) is 1. The molecule has 0 saturated carbocycles. The Bertz CT molecular complexity index is 3140. The number of ketones is 2. The molecule has 0 spiro atoms. The summed E-state index contributed by atoms with van der Waals surface area (Å²) in [6.45, 7) is 11.7. The minimum absolute atomic E-state index is 0.0534. The molecule has 5 aromatic rings. The van der Waals surface area contributed by atoms with E-state index in [2.05, 4.69) is 20.5 Å². The third-order valence-electron chi connectivity index (χ3n) is 15.9. The highest BCUT2D eigenvalue weighted by Crippen LogP contribution is 2.46. The van der Waals surface area contributed by atoms with E-state index in [1.54, 1.807) is 46.2 Å². The van der Waals surface area contributed by atoms with Gasteiger partial charge in [0.05, 0.1) is 11.7 Å². The summed E-state index contributed by atoms with van der Waals surface area (Å²) in [6.07, 6.45) is 6.07. The van der Waals surface area contributed by atoms with Gasteiger partial charge < -0.3 is 40.8 Å². The molecule has 1 fully saturated rings. The molecule has 0 bridgehead atoms. The number of piperazine rings is 1. The number of aromatic nitrogens is 1. The van der Waals surface area contributed by atoms with E-state index in [9.17, 15) is 38.4 Å². The number of H-pyrrole nitrogens is 1. The van der Waals surface area contributed by atoms with Crippen LogP contribution in [0.4, 0.5) is 10.5 Å². The van der Waals surface area contributed by atoms with Crippen molar-refractivity contribution in [2.75, 3.05) is 63.6 Å². The van der Waals surface area contributed by atoms with Gasteiger partial charge in [0.25, 0.3) is 17.7 Å². The smallest absolute Gasteiger partial charge is 0.409 e. The average molecular weight is 1130 g/mol. The van der Waals surface area contributed by atoms with Crippen LogP contribution >= 0.6 is 11.6 Å². The van der Waals surface area contributed by atoms with E-state index in [1.807, 2.05) is 77.2 Å². The van der Waals surface area contributed by atoms with Gasteiger partial charge in [0.15, 0.2) is 11.6 Å². The largest absolute Gasteiger partial charge is 0.415 e. The quantitative estimate of drug-likeness (QED) is 0.0178. The summed E-state index contributed by atoms with van der Waals surface area (Å²) in [6, 6.07) is 22.9. The van der Waals surface area contributed by atoms with E-state index in [-0.39, 0.29) is 96.6 Å². The van der Waals surface area contributed by atoms with Crippen LogP contribution in [0.3, 0.4) is 0 Å². The number of nitrogens with two attached hydrogens (primary N) is 1. The van der Waals surface area contributed by atoms with Gasteiger partial charge in [-0.15, -0.1) is 11.6 Å². The number of halogens is 1. The number of Topliss-reactive ketones (excluding diaryl/α,β-unsaturated/α-hetero) is 2. The summed E-state index contributed by atoms with van der Waals surface area (Å²) in [5, 5.41) is 8.61. The van der Waals surface area contributed by atoms with Crippen molar-refractivity contribution >= 4 is 86.2 Å². The first-order valence-corrected chi connectivity index (χ1v) is 29.1. The van der Waals surface area contributed by atoms with Gasteiger partial charge in [-0.3, -0.25) is 38.5 Å². The lowest BCUT2D eigenvalue weighted by Crippen LogP contribution is -2.48. The maximum absolute atomic E-state index is 14.5. The molecule has 18 heteroatoms. The van der Waals surface area contributed by atoms with Crippen molar-refractivity contribution in [2.24, 2.45) is 23.5 Å². The van der Waals surface area contributed by atoms with E-state index in [0.29, 0.717) is 99.4 Å². The van der Waals surface area contributed by atoms with Crippen molar-refractivity contribution in [1.82, 2.24) is 30.3 Å². The van der Waals surface area contributed by atoms with Gasteiger partial charge in [-0.1, -0.05) is 82.3 Å². The molecule has 1 aromatic heterocycles. The molecule has 3 aliphatic heterocycles. The van der Waals surface area contributed by atoms with Crippen molar-refractivity contribution in [2.45, 2.75) is 110 Å². The summed E-state index contributed by atoms with van der Waals surface area (Å²) in [4.78, 5) is 117. The number of nitrogens with zero attached hydrogens (tertiary/aromatic N) is 4. The van der Waals surface area contributed by atoms with Crippen LogP contribution in [0.25, 0.3) is 21.7 Å². The maximum atomic E-state index is 14.5. The zero-order valence-electron chi connectivity index (χ0n) is 47.3. The Kier molecular flexibility index (Phi) is 20.3. The summed E-state index contributed by atoms with van der Waals surface area (Å²) in [5.74, 6) is -1.30. The van der Waals surface area contributed by atoms with Crippen LogP contribution < -0.4 is 26.0 Å². The Hall–Kier alpha value is -7.21. The highest BCUT2D eigenvalue weighted by molar-refractivity contribution is 6.19. The fraction of sp³-hybridized carbons (Fsp3) is 0.460. The number of rotatable bonds is 26.